The molecule has 0 spiro atoms. The van der Waals surface area contributed by atoms with Crippen molar-refractivity contribution in [3.8, 4) is 0 Å². The highest BCUT2D eigenvalue weighted by Crippen LogP contribution is 2.11. The second-order valence-corrected chi connectivity index (χ2v) is 10.3. The number of sulfonamides is 1. The summed E-state index contributed by atoms with van der Waals surface area (Å²) < 4.78 is 27.1. The van der Waals surface area contributed by atoms with Gasteiger partial charge in [-0.2, -0.15) is 0 Å². The number of Topliss-reactive ketones (excluding diaryl/α,β-unsaturated/α-hetero) is 1. The predicted molar refractivity (Wildman–Crippen MR) is 132 cm³/mol. The first-order valence-electron chi connectivity index (χ1n) is 11.7. The van der Waals surface area contributed by atoms with E-state index in [2.05, 4.69) is 44.1 Å². The fraction of sp³-hybridized carbons (Fsp3) is 0.440. The van der Waals surface area contributed by atoms with Crippen molar-refractivity contribution >= 4 is 21.7 Å². The smallest absolute Gasteiger partial charge is 0.240 e. The van der Waals surface area contributed by atoms with Crippen molar-refractivity contribution in [2.45, 2.75) is 31.2 Å². The van der Waals surface area contributed by atoms with Gasteiger partial charge in [0.25, 0.3) is 0 Å². The zero-order chi connectivity index (χ0) is 24.4. The van der Waals surface area contributed by atoms with Gasteiger partial charge in [-0.15, -0.1) is 0 Å². The second kappa shape index (κ2) is 12.8. The van der Waals surface area contributed by atoms with E-state index < -0.39 is 10.0 Å². The molecule has 0 saturated carbocycles. The molecule has 1 fully saturated rings. The molecule has 1 heterocycles. The molecule has 2 aromatic rings. The van der Waals surface area contributed by atoms with Gasteiger partial charge in [0, 0.05) is 57.8 Å². The van der Waals surface area contributed by atoms with Crippen LogP contribution in [0.4, 0.5) is 0 Å². The molecule has 1 aliphatic rings. The molecule has 9 heteroatoms. The van der Waals surface area contributed by atoms with Crippen molar-refractivity contribution in [2.24, 2.45) is 0 Å². The summed E-state index contributed by atoms with van der Waals surface area (Å²) in [5.41, 5.74) is 1.79. The Balaban J connectivity index is 1.26. The van der Waals surface area contributed by atoms with Gasteiger partial charge in [0.1, 0.15) is 0 Å². The van der Waals surface area contributed by atoms with Crippen LogP contribution in [0.25, 0.3) is 0 Å². The minimum Gasteiger partial charge on any atom is -0.356 e. The lowest BCUT2D eigenvalue weighted by atomic mass is 10.2. The van der Waals surface area contributed by atoms with Crippen LogP contribution >= 0.6 is 0 Å². The first-order chi connectivity index (χ1) is 16.3. The maximum Gasteiger partial charge on any atom is 0.240 e. The Labute approximate surface area is 202 Å². The van der Waals surface area contributed by atoms with Gasteiger partial charge in [-0.1, -0.05) is 42.5 Å². The van der Waals surface area contributed by atoms with E-state index in [9.17, 15) is 18.0 Å². The highest BCUT2D eigenvalue weighted by molar-refractivity contribution is 7.89. The number of hydrogen-bond acceptors (Lipinski definition) is 6. The summed E-state index contributed by atoms with van der Waals surface area (Å²) in [6.45, 7) is 8.06. The van der Waals surface area contributed by atoms with Crippen molar-refractivity contribution in [3.05, 3.63) is 65.7 Å². The van der Waals surface area contributed by atoms with Gasteiger partial charge in [0.2, 0.25) is 15.9 Å². The molecule has 34 heavy (non-hydrogen) atoms. The predicted octanol–water partition coefficient (Wildman–Crippen LogP) is 1.88. The number of rotatable bonds is 12. The highest BCUT2D eigenvalue weighted by atomic mass is 32.2. The zero-order valence-electron chi connectivity index (χ0n) is 19.7. The Bertz CT molecular complexity index is 1030. The first kappa shape index (κ1) is 26.0. The van der Waals surface area contributed by atoms with Crippen LogP contribution in [-0.4, -0.2) is 75.7 Å². The van der Waals surface area contributed by atoms with Gasteiger partial charge in [0.05, 0.1) is 4.90 Å². The number of nitrogens with one attached hydrogen (secondary N) is 2. The summed E-state index contributed by atoms with van der Waals surface area (Å²) in [5, 5.41) is 2.86. The number of hydrogen-bond donors (Lipinski definition) is 2. The van der Waals surface area contributed by atoms with Crippen LogP contribution < -0.4 is 10.0 Å². The number of carbonyl (C=O) groups is 2. The number of piperazine rings is 1. The summed E-state index contributed by atoms with van der Waals surface area (Å²) >= 11 is 0. The molecule has 184 valence electrons. The third-order valence-electron chi connectivity index (χ3n) is 5.90. The average molecular weight is 487 g/mol. The monoisotopic (exact) mass is 486 g/mol. The lowest BCUT2D eigenvalue weighted by molar-refractivity contribution is -0.120. The Morgan fingerprint density at radius 2 is 1.53 bits per heavy atom. The van der Waals surface area contributed by atoms with E-state index in [0.717, 1.165) is 45.7 Å². The standard InChI is InChI=1S/C25H34N4O4S/c1-21(30)23-8-10-24(11-9-23)34(32,33)27-14-12-25(31)26-13-5-15-28-16-18-29(19-17-28)20-22-6-3-2-4-7-22/h2-4,6-11,27H,5,12-20H2,1H3,(H,26,31). The molecule has 1 saturated heterocycles. The summed E-state index contributed by atoms with van der Waals surface area (Å²) in [4.78, 5) is 28.3. The van der Waals surface area contributed by atoms with Crippen LogP contribution in [0, 0.1) is 0 Å². The van der Waals surface area contributed by atoms with Gasteiger partial charge in [-0.25, -0.2) is 13.1 Å². The Hall–Kier alpha value is -2.59. The average Bonchev–Trinajstić information content (AvgIpc) is 2.83. The zero-order valence-corrected chi connectivity index (χ0v) is 20.5. The van der Waals surface area contributed by atoms with Crippen molar-refractivity contribution in [3.63, 3.8) is 0 Å². The molecule has 1 aliphatic heterocycles. The molecule has 2 aromatic carbocycles. The van der Waals surface area contributed by atoms with Gasteiger partial charge in [0.15, 0.2) is 5.78 Å². The number of nitrogens with zero attached hydrogens (tertiary/aromatic N) is 2. The van der Waals surface area contributed by atoms with Gasteiger partial charge < -0.3 is 10.2 Å². The lowest BCUT2D eigenvalue weighted by Crippen LogP contribution is -2.46. The maximum absolute atomic E-state index is 12.3. The molecule has 0 aliphatic carbocycles. The van der Waals surface area contributed by atoms with Crippen molar-refractivity contribution in [1.82, 2.24) is 19.8 Å². The van der Waals surface area contributed by atoms with Crippen LogP contribution in [0.1, 0.15) is 35.7 Å². The van der Waals surface area contributed by atoms with E-state index in [4.69, 9.17) is 0 Å². The first-order valence-corrected chi connectivity index (χ1v) is 13.2. The molecule has 1 amide bonds. The summed E-state index contributed by atoms with van der Waals surface area (Å²) in [7, 11) is -3.71. The van der Waals surface area contributed by atoms with E-state index in [1.165, 1.54) is 36.8 Å². The normalized spacial score (nSPS) is 15.2. The molecular formula is C25H34N4O4S. The molecular weight excluding hydrogens is 452 g/mol. The Kier molecular flexibility index (Phi) is 9.76. The Morgan fingerprint density at radius 3 is 2.18 bits per heavy atom. The van der Waals surface area contributed by atoms with Crippen molar-refractivity contribution in [2.75, 3.05) is 45.8 Å². The lowest BCUT2D eigenvalue weighted by Gasteiger charge is -2.34. The van der Waals surface area contributed by atoms with E-state index in [1.54, 1.807) is 0 Å². The summed E-state index contributed by atoms with van der Waals surface area (Å²) in [6.07, 6.45) is 0.932. The molecule has 0 aromatic heterocycles. The third kappa shape index (κ3) is 8.32. The number of benzene rings is 2. The third-order valence-corrected chi connectivity index (χ3v) is 7.38. The molecule has 2 N–H and O–H groups in total. The minimum absolute atomic E-state index is 0.0198. The molecule has 0 radical (unpaired) electrons. The molecule has 0 unspecified atom stereocenters. The topological polar surface area (TPSA) is 98.8 Å². The number of carbonyl (C=O) groups excluding carboxylic acids is 2. The number of amides is 1. The molecule has 0 bridgehead atoms. The SMILES string of the molecule is CC(=O)c1ccc(S(=O)(=O)NCCC(=O)NCCCN2CCN(Cc3ccccc3)CC2)cc1. The molecule has 3 rings (SSSR count). The van der Waals surface area contributed by atoms with Crippen LogP contribution in [0.2, 0.25) is 0 Å². The van der Waals surface area contributed by atoms with E-state index in [1.807, 2.05) is 6.07 Å². The largest absolute Gasteiger partial charge is 0.356 e. The van der Waals surface area contributed by atoms with Gasteiger partial charge in [-0.05, 0) is 37.6 Å². The van der Waals surface area contributed by atoms with E-state index in [-0.39, 0.29) is 29.6 Å². The van der Waals surface area contributed by atoms with Crippen molar-refractivity contribution < 1.29 is 18.0 Å². The Morgan fingerprint density at radius 1 is 0.882 bits per heavy atom. The summed E-state index contributed by atoms with van der Waals surface area (Å²) in [6, 6.07) is 16.2. The van der Waals surface area contributed by atoms with Crippen LogP contribution in [0.15, 0.2) is 59.5 Å². The van der Waals surface area contributed by atoms with Crippen LogP contribution in [0.3, 0.4) is 0 Å². The van der Waals surface area contributed by atoms with E-state index >= 15 is 0 Å². The van der Waals surface area contributed by atoms with Crippen LogP contribution in [-0.2, 0) is 21.4 Å². The van der Waals surface area contributed by atoms with Crippen molar-refractivity contribution in [1.29, 1.82) is 0 Å². The highest BCUT2D eigenvalue weighted by Gasteiger charge is 2.17. The molecule has 8 nitrogen and oxygen atoms in total. The quantitative estimate of drug-likeness (QED) is 0.351. The number of ketones is 1. The fourth-order valence-corrected chi connectivity index (χ4v) is 4.91. The second-order valence-electron chi connectivity index (χ2n) is 8.54. The van der Waals surface area contributed by atoms with Gasteiger partial charge >= 0.3 is 0 Å². The minimum atomic E-state index is -3.71. The van der Waals surface area contributed by atoms with Gasteiger partial charge in [-0.3, -0.25) is 14.5 Å². The van der Waals surface area contributed by atoms with E-state index in [0.29, 0.717) is 12.1 Å². The molecule has 0 atom stereocenters. The van der Waals surface area contributed by atoms with Crippen LogP contribution in [0.5, 0.6) is 0 Å². The summed E-state index contributed by atoms with van der Waals surface area (Å²) in [5.74, 6) is -0.304. The maximum atomic E-state index is 12.3. The fourth-order valence-electron chi connectivity index (χ4n) is 3.88.